The maximum Gasteiger partial charge on any atom is 0.243 e. The van der Waals surface area contributed by atoms with E-state index in [1.807, 2.05) is 0 Å². The molecule has 1 atom stereocenters. The number of pyridine rings is 1. The van der Waals surface area contributed by atoms with E-state index >= 15 is 0 Å². The van der Waals surface area contributed by atoms with Crippen LogP contribution in [0.25, 0.3) is 0 Å². The summed E-state index contributed by atoms with van der Waals surface area (Å²) in [6.07, 6.45) is 5.05. The lowest BCUT2D eigenvalue weighted by atomic mass is 10.0. The monoisotopic (exact) mass is 387 g/mol. The summed E-state index contributed by atoms with van der Waals surface area (Å²) in [5.74, 6) is -0.489. The summed E-state index contributed by atoms with van der Waals surface area (Å²) in [5, 5.41) is 2.76. The van der Waals surface area contributed by atoms with Crippen molar-refractivity contribution in [3.8, 4) is 0 Å². The lowest BCUT2D eigenvalue weighted by Gasteiger charge is -2.33. The third-order valence-electron chi connectivity index (χ3n) is 4.57. The number of hydrogen-bond acceptors (Lipinski definition) is 5. The molecule has 0 saturated carbocycles. The number of sulfonamides is 1. The zero-order valence-electron chi connectivity index (χ0n) is 15.0. The number of Topliss-reactive ketones (excluding diaryl/α,β-unsaturated/α-hetero) is 1. The fourth-order valence-corrected chi connectivity index (χ4v) is 4.77. The predicted octanol–water partition coefficient (Wildman–Crippen LogP) is 2.47. The van der Waals surface area contributed by atoms with Gasteiger partial charge in [0.15, 0.2) is 5.78 Å². The zero-order chi connectivity index (χ0) is 19.4. The lowest BCUT2D eigenvalue weighted by molar-refractivity contribution is -0.120. The minimum absolute atomic E-state index is 0.0797. The molecule has 27 heavy (non-hydrogen) atoms. The number of ketones is 1. The van der Waals surface area contributed by atoms with Crippen LogP contribution in [0.3, 0.4) is 0 Å². The van der Waals surface area contributed by atoms with Crippen LogP contribution in [0.4, 0.5) is 5.69 Å². The van der Waals surface area contributed by atoms with Gasteiger partial charge in [0.25, 0.3) is 0 Å². The second-order valence-corrected chi connectivity index (χ2v) is 8.32. The van der Waals surface area contributed by atoms with Crippen LogP contribution in [0.5, 0.6) is 0 Å². The quantitative estimate of drug-likeness (QED) is 0.795. The molecule has 1 amide bonds. The van der Waals surface area contributed by atoms with Crippen molar-refractivity contribution < 1.29 is 18.0 Å². The van der Waals surface area contributed by atoms with Crippen LogP contribution in [0.2, 0.25) is 0 Å². The highest BCUT2D eigenvalue weighted by molar-refractivity contribution is 7.89. The van der Waals surface area contributed by atoms with Gasteiger partial charge in [-0.15, -0.1) is 0 Å². The van der Waals surface area contributed by atoms with Gasteiger partial charge in [0.05, 0.1) is 4.90 Å². The van der Waals surface area contributed by atoms with E-state index in [2.05, 4.69) is 10.3 Å². The van der Waals surface area contributed by atoms with Crippen LogP contribution in [-0.2, 0) is 14.8 Å². The molecule has 7 nitrogen and oxygen atoms in total. The summed E-state index contributed by atoms with van der Waals surface area (Å²) >= 11 is 0. The third kappa shape index (κ3) is 4.23. The Hall–Kier alpha value is -2.58. The molecule has 3 rings (SSSR count). The molecule has 1 fully saturated rings. The Morgan fingerprint density at radius 2 is 1.74 bits per heavy atom. The van der Waals surface area contributed by atoms with Gasteiger partial charge in [-0.3, -0.25) is 14.6 Å². The van der Waals surface area contributed by atoms with Crippen molar-refractivity contribution in [1.29, 1.82) is 0 Å². The van der Waals surface area contributed by atoms with Gasteiger partial charge in [0, 0.05) is 30.2 Å². The smallest absolute Gasteiger partial charge is 0.243 e. The van der Waals surface area contributed by atoms with E-state index < -0.39 is 16.1 Å². The van der Waals surface area contributed by atoms with Gasteiger partial charge in [0.2, 0.25) is 15.9 Å². The van der Waals surface area contributed by atoms with E-state index in [0.717, 1.165) is 6.42 Å². The first-order chi connectivity index (χ1) is 12.9. The van der Waals surface area contributed by atoms with Crippen molar-refractivity contribution in [1.82, 2.24) is 9.29 Å². The van der Waals surface area contributed by atoms with Gasteiger partial charge >= 0.3 is 0 Å². The first kappa shape index (κ1) is 19.2. The number of aromatic nitrogens is 1. The molecule has 0 spiro atoms. The Labute approximate surface area is 158 Å². The lowest BCUT2D eigenvalue weighted by Crippen LogP contribution is -2.49. The second kappa shape index (κ2) is 7.98. The molecular formula is C19H21N3O4S. The second-order valence-electron chi connectivity index (χ2n) is 6.43. The van der Waals surface area contributed by atoms with Crippen molar-refractivity contribution >= 4 is 27.4 Å². The Morgan fingerprint density at radius 3 is 2.37 bits per heavy atom. The maximum absolute atomic E-state index is 13.1. The minimum atomic E-state index is -3.84. The highest BCUT2D eigenvalue weighted by Gasteiger charge is 2.37. The van der Waals surface area contributed by atoms with E-state index in [1.54, 1.807) is 24.5 Å². The number of piperidine rings is 1. The van der Waals surface area contributed by atoms with Crippen molar-refractivity contribution in [2.24, 2.45) is 0 Å². The Bertz CT molecular complexity index is 927. The molecule has 1 saturated heterocycles. The first-order valence-corrected chi connectivity index (χ1v) is 10.2. The number of rotatable bonds is 5. The number of hydrogen-bond donors (Lipinski definition) is 1. The van der Waals surface area contributed by atoms with Crippen molar-refractivity contribution in [3.05, 3.63) is 54.4 Å². The standard InChI is InChI=1S/C19H21N3O4S/c1-14(23)15-5-7-17(8-6-15)27(25,26)22-13-3-2-4-18(22)19(24)21-16-9-11-20-12-10-16/h5-12,18H,2-4,13H2,1H3,(H,20,21,24). The van der Waals surface area contributed by atoms with Gasteiger partial charge in [0.1, 0.15) is 6.04 Å². The summed E-state index contributed by atoms with van der Waals surface area (Å²) in [5.41, 5.74) is 1.02. The van der Waals surface area contributed by atoms with Crippen molar-refractivity contribution in [3.63, 3.8) is 0 Å². The molecule has 0 bridgehead atoms. The number of carbonyl (C=O) groups is 2. The topological polar surface area (TPSA) is 96.4 Å². The molecule has 0 aliphatic carbocycles. The molecule has 2 aromatic rings. The van der Waals surface area contributed by atoms with E-state index in [-0.39, 0.29) is 23.1 Å². The Balaban J connectivity index is 1.85. The summed E-state index contributed by atoms with van der Waals surface area (Å²) in [6.45, 7) is 1.71. The van der Waals surface area contributed by atoms with Crippen LogP contribution >= 0.6 is 0 Å². The molecule has 142 valence electrons. The molecule has 0 radical (unpaired) electrons. The summed E-state index contributed by atoms with van der Waals surface area (Å²) in [7, 11) is -3.84. The summed E-state index contributed by atoms with van der Waals surface area (Å²) in [6, 6.07) is 8.34. The number of benzene rings is 1. The third-order valence-corrected chi connectivity index (χ3v) is 6.49. The van der Waals surface area contributed by atoms with Crippen LogP contribution < -0.4 is 5.32 Å². The largest absolute Gasteiger partial charge is 0.325 e. The number of nitrogens with one attached hydrogen (secondary N) is 1. The minimum Gasteiger partial charge on any atom is -0.325 e. The molecule has 1 unspecified atom stereocenters. The molecule has 8 heteroatoms. The van der Waals surface area contributed by atoms with Gasteiger partial charge in [-0.05, 0) is 44.0 Å². The molecule has 1 aromatic heterocycles. The number of nitrogens with zero attached hydrogens (tertiary/aromatic N) is 2. The molecule has 1 N–H and O–H groups in total. The average molecular weight is 387 g/mol. The first-order valence-electron chi connectivity index (χ1n) is 8.73. The average Bonchev–Trinajstić information content (AvgIpc) is 2.69. The van der Waals surface area contributed by atoms with Crippen molar-refractivity contribution in [2.75, 3.05) is 11.9 Å². The number of anilines is 1. The molecule has 2 heterocycles. The van der Waals surface area contributed by atoms with E-state index in [4.69, 9.17) is 0 Å². The summed E-state index contributed by atoms with van der Waals surface area (Å²) < 4.78 is 27.4. The molecule has 1 aromatic carbocycles. The van der Waals surface area contributed by atoms with Gasteiger partial charge in [-0.1, -0.05) is 18.6 Å². The Morgan fingerprint density at radius 1 is 1.07 bits per heavy atom. The summed E-state index contributed by atoms with van der Waals surface area (Å²) in [4.78, 5) is 28.1. The number of amides is 1. The maximum atomic E-state index is 13.1. The highest BCUT2D eigenvalue weighted by Crippen LogP contribution is 2.26. The Kier molecular flexibility index (Phi) is 5.67. The van der Waals surface area contributed by atoms with Gasteiger partial charge in [-0.2, -0.15) is 4.31 Å². The molecule has 1 aliphatic rings. The van der Waals surface area contributed by atoms with Crippen molar-refractivity contribution in [2.45, 2.75) is 37.1 Å². The SMILES string of the molecule is CC(=O)c1ccc(S(=O)(=O)N2CCCCC2C(=O)Nc2ccncc2)cc1. The van der Waals surface area contributed by atoms with Crippen LogP contribution in [0.1, 0.15) is 36.5 Å². The van der Waals surface area contributed by atoms with Crippen LogP contribution in [0.15, 0.2) is 53.7 Å². The number of carbonyl (C=O) groups excluding carboxylic acids is 2. The highest BCUT2D eigenvalue weighted by atomic mass is 32.2. The van der Waals surface area contributed by atoms with Crippen LogP contribution in [-0.4, -0.2) is 42.0 Å². The molecule has 1 aliphatic heterocycles. The van der Waals surface area contributed by atoms with E-state index in [9.17, 15) is 18.0 Å². The predicted molar refractivity (Wildman–Crippen MR) is 101 cm³/mol. The zero-order valence-corrected chi connectivity index (χ0v) is 15.8. The fraction of sp³-hybridized carbons (Fsp3) is 0.316. The van der Waals surface area contributed by atoms with Crippen LogP contribution in [0, 0.1) is 0 Å². The normalized spacial score (nSPS) is 18.0. The van der Waals surface area contributed by atoms with Gasteiger partial charge in [-0.25, -0.2) is 8.42 Å². The molecular weight excluding hydrogens is 366 g/mol. The van der Waals surface area contributed by atoms with Gasteiger partial charge < -0.3 is 5.32 Å². The van der Waals surface area contributed by atoms with E-state index in [1.165, 1.54) is 35.5 Å². The van der Waals surface area contributed by atoms with E-state index in [0.29, 0.717) is 24.1 Å². The fourth-order valence-electron chi connectivity index (χ4n) is 3.11.